The van der Waals surface area contributed by atoms with Gasteiger partial charge in [-0.3, -0.25) is 4.68 Å². The second-order valence-corrected chi connectivity index (χ2v) is 5.02. The van der Waals surface area contributed by atoms with Gasteiger partial charge in [-0.15, -0.1) is 0 Å². The van der Waals surface area contributed by atoms with Crippen LogP contribution in [0, 0.1) is 0 Å². The van der Waals surface area contributed by atoms with E-state index in [1.54, 1.807) is 0 Å². The largest absolute Gasteiger partial charge is 0.380 e. The van der Waals surface area contributed by atoms with E-state index in [2.05, 4.69) is 44.9 Å². The molecule has 0 fully saturated rings. The normalized spacial score (nSPS) is 12.9. The molecular formula is C13H24BrN3O. The topological polar surface area (TPSA) is 39.1 Å². The number of likely N-dealkylation sites (N-methyl/N-ethyl adjacent to an activating group) is 1. The summed E-state index contributed by atoms with van der Waals surface area (Å²) in [6.45, 7) is 8.67. The predicted molar refractivity (Wildman–Crippen MR) is 78.0 cm³/mol. The van der Waals surface area contributed by atoms with E-state index in [4.69, 9.17) is 4.74 Å². The van der Waals surface area contributed by atoms with E-state index in [0.29, 0.717) is 6.04 Å². The van der Waals surface area contributed by atoms with Gasteiger partial charge in [-0.05, 0) is 43.2 Å². The molecule has 0 aliphatic rings. The Hall–Kier alpha value is -0.390. The van der Waals surface area contributed by atoms with Crippen LogP contribution in [-0.4, -0.2) is 36.1 Å². The Morgan fingerprint density at radius 3 is 2.61 bits per heavy atom. The summed E-state index contributed by atoms with van der Waals surface area (Å²) in [4.78, 5) is 0. The molecule has 1 atom stereocenters. The number of hydrogen-bond acceptors (Lipinski definition) is 3. The lowest BCUT2D eigenvalue weighted by Gasteiger charge is -2.16. The van der Waals surface area contributed by atoms with Gasteiger partial charge in [-0.25, -0.2) is 0 Å². The summed E-state index contributed by atoms with van der Waals surface area (Å²) in [5.74, 6) is 0. The first-order chi connectivity index (χ1) is 8.67. The number of nitrogens with one attached hydrogen (secondary N) is 1. The number of ether oxygens (including phenoxy) is 1. The monoisotopic (exact) mass is 317 g/mol. The van der Waals surface area contributed by atoms with Crippen molar-refractivity contribution >= 4 is 15.9 Å². The molecule has 0 amide bonds. The van der Waals surface area contributed by atoms with Crippen molar-refractivity contribution in [2.45, 2.75) is 46.2 Å². The maximum atomic E-state index is 5.50. The summed E-state index contributed by atoms with van der Waals surface area (Å²) >= 11 is 3.68. The van der Waals surface area contributed by atoms with Crippen LogP contribution in [0.4, 0.5) is 0 Å². The fraction of sp³-hybridized carbons (Fsp3) is 0.769. The van der Waals surface area contributed by atoms with E-state index in [1.165, 1.54) is 5.69 Å². The first-order valence-corrected chi connectivity index (χ1v) is 7.46. The Morgan fingerprint density at radius 1 is 1.39 bits per heavy atom. The third kappa shape index (κ3) is 3.80. The molecule has 1 aromatic rings. The zero-order chi connectivity index (χ0) is 13.5. The Bertz CT molecular complexity index is 365. The van der Waals surface area contributed by atoms with E-state index in [0.717, 1.165) is 42.8 Å². The van der Waals surface area contributed by atoms with E-state index in [1.807, 2.05) is 14.0 Å². The van der Waals surface area contributed by atoms with Crippen LogP contribution in [0.5, 0.6) is 0 Å². The highest BCUT2D eigenvalue weighted by atomic mass is 79.9. The van der Waals surface area contributed by atoms with Gasteiger partial charge in [0.1, 0.15) is 0 Å². The van der Waals surface area contributed by atoms with Crippen molar-refractivity contribution in [2.24, 2.45) is 0 Å². The maximum absolute atomic E-state index is 5.50. The van der Waals surface area contributed by atoms with Crippen molar-refractivity contribution in [2.75, 3.05) is 20.3 Å². The van der Waals surface area contributed by atoms with Crippen LogP contribution in [-0.2, 0) is 24.1 Å². The zero-order valence-corrected chi connectivity index (χ0v) is 13.4. The number of nitrogens with zero attached hydrogens (tertiary/aromatic N) is 2. The molecule has 104 valence electrons. The minimum absolute atomic E-state index is 0.327. The standard InChI is InChI=1S/C13H24BrN3O/c1-5-11-13(14)12(17(6-2)16-11)8-10(15-4)9-18-7-3/h10,15H,5-9H2,1-4H3. The zero-order valence-electron chi connectivity index (χ0n) is 11.8. The molecule has 0 radical (unpaired) electrons. The molecule has 0 aliphatic heterocycles. The minimum Gasteiger partial charge on any atom is -0.380 e. The van der Waals surface area contributed by atoms with Crippen LogP contribution in [0.2, 0.25) is 0 Å². The molecule has 0 saturated heterocycles. The van der Waals surface area contributed by atoms with Gasteiger partial charge in [0, 0.05) is 25.6 Å². The Labute approximate surface area is 118 Å². The van der Waals surface area contributed by atoms with Crippen molar-refractivity contribution in [3.8, 4) is 0 Å². The SMILES string of the molecule is CCOCC(Cc1c(Br)c(CC)nn1CC)NC. The average molecular weight is 318 g/mol. The van der Waals surface area contributed by atoms with Crippen LogP contribution in [0.15, 0.2) is 4.47 Å². The summed E-state index contributed by atoms with van der Waals surface area (Å²) in [7, 11) is 1.98. The Morgan fingerprint density at radius 2 is 2.11 bits per heavy atom. The molecular weight excluding hydrogens is 294 g/mol. The van der Waals surface area contributed by atoms with Gasteiger partial charge in [0.05, 0.1) is 22.5 Å². The summed E-state index contributed by atoms with van der Waals surface area (Å²) in [5.41, 5.74) is 2.39. The highest BCUT2D eigenvalue weighted by Gasteiger charge is 2.17. The van der Waals surface area contributed by atoms with Crippen molar-refractivity contribution in [3.63, 3.8) is 0 Å². The van der Waals surface area contributed by atoms with Crippen LogP contribution < -0.4 is 5.32 Å². The lowest BCUT2D eigenvalue weighted by molar-refractivity contribution is 0.124. The Balaban J connectivity index is 2.83. The molecule has 0 aromatic carbocycles. The van der Waals surface area contributed by atoms with Gasteiger partial charge in [-0.2, -0.15) is 5.10 Å². The van der Waals surface area contributed by atoms with Gasteiger partial charge in [0.2, 0.25) is 0 Å². The van der Waals surface area contributed by atoms with Crippen LogP contribution in [0.25, 0.3) is 0 Å². The molecule has 0 spiro atoms. The molecule has 1 aromatic heterocycles. The van der Waals surface area contributed by atoms with Crippen molar-refractivity contribution in [3.05, 3.63) is 15.9 Å². The fourth-order valence-electron chi connectivity index (χ4n) is 1.95. The van der Waals surface area contributed by atoms with Gasteiger partial charge in [0.15, 0.2) is 0 Å². The highest BCUT2D eigenvalue weighted by Crippen LogP contribution is 2.23. The van der Waals surface area contributed by atoms with Crippen LogP contribution >= 0.6 is 15.9 Å². The third-order valence-corrected chi connectivity index (χ3v) is 3.98. The molecule has 0 aliphatic carbocycles. The first kappa shape index (κ1) is 15.7. The molecule has 1 rings (SSSR count). The summed E-state index contributed by atoms with van der Waals surface area (Å²) in [6, 6.07) is 0.327. The first-order valence-electron chi connectivity index (χ1n) is 6.66. The number of rotatable bonds is 8. The van der Waals surface area contributed by atoms with Crippen molar-refractivity contribution in [1.29, 1.82) is 0 Å². The molecule has 4 nitrogen and oxygen atoms in total. The lowest BCUT2D eigenvalue weighted by Crippen LogP contribution is -2.33. The van der Waals surface area contributed by atoms with Crippen LogP contribution in [0.3, 0.4) is 0 Å². The van der Waals surface area contributed by atoms with Crippen molar-refractivity contribution < 1.29 is 4.74 Å². The van der Waals surface area contributed by atoms with Crippen molar-refractivity contribution in [1.82, 2.24) is 15.1 Å². The second kappa shape index (κ2) is 7.92. The fourth-order valence-corrected chi connectivity index (χ4v) is 2.68. The Kier molecular flexibility index (Phi) is 6.89. The average Bonchev–Trinajstić information content (AvgIpc) is 2.70. The molecule has 18 heavy (non-hydrogen) atoms. The lowest BCUT2D eigenvalue weighted by atomic mass is 10.1. The smallest absolute Gasteiger partial charge is 0.0766 e. The summed E-state index contributed by atoms with van der Waals surface area (Å²) in [6.07, 6.45) is 1.88. The molecule has 0 bridgehead atoms. The molecule has 1 unspecified atom stereocenters. The molecule has 5 heteroatoms. The van der Waals surface area contributed by atoms with E-state index in [-0.39, 0.29) is 0 Å². The molecule has 0 saturated carbocycles. The quantitative estimate of drug-likeness (QED) is 0.800. The van der Waals surface area contributed by atoms with Gasteiger partial charge >= 0.3 is 0 Å². The van der Waals surface area contributed by atoms with E-state index >= 15 is 0 Å². The highest BCUT2D eigenvalue weighted by molar-refractivity contribution is 9.10. The number of hydrogen-bond donors (Lipinski definition) is 1. The predicted octanol–water partition coefficient (Wildman–Crippen LogP) is 2.39. The molecule has 1 heterocycles. The number of aryl methyl sites for hydroxylation is 2. The van der Waals surface area contributed by atoms with E-state index in [9.17, 15) is 0 Å². The summed E-state index contributed by atoms with van der Waals surface area (Å²) in [5, 5.41) is 7.92. The molecule has 1 N–H and O–H groups in total. The number of aromatic nitrogens is 2. The minimum atomic E-state index is 0.327. The number of halogens is 1. The second-order valence-electron chi connectivity index (χ2n) is 4.23. The van der Waals surface area contributed by atoms with Gasteiger partial charge in [-0.1, -0.05) is 6.92 Å². The third-order valence-electron chi connectivity index (χ3n) is 3.07. The maximum Gasteiger partial charge on any atom is 0.0766 e. The van der Waals surface area contributed by atoms with Crippen LogP contribution in [0.1, 0.15) is 32.2 Å². The van der Waals surface area contributed by atoms with E-state index < -0.39 is 0 Å². The van der Waals surface area contributed by atoms with Gasteiger partial charge in [0.25, 0.3) is 0 Å². The van der Waals surface area contributed by atoms with Gasteiger partial charge < -0.3 is 10.1 Å². The summed E-state index contributed by atoms with van der Waals surface area (Å²) < 4.78 is 8.74.